The van der Waals surface area contributed by atoms with Gasteiger partial charge in [-0.25, -0.2) is 0 Å². The third-order valence-electron chi connectivity index (χ3n) is 2.13. The van der Waals surface area contributed by atoms with Crippen LogP contribution in [0.5, 0.6) is 0 Å². The number of rotatable bonds is 4. The molecule has 0 N–H and O–H groups in total. The molecule has 1 saturated heterocycles. The zero-order valence-corrected chi connectivity index (χ0v) is 6.25. The molecule has 0 aromatic carbocycles. The largest absolute Gasteiger partial charge is 0.373 e. The summed E-state index contributed by atoms with van der Waals surface area (Å²) >= 11 is 0. The van der Waals surface area contributed by atoms with E-state index in [-0.39, 0.29) is 0 Å². The van der Waals surface area contributed by atoms with Gasteiger partial charge in [0, 0.05) is 0 Å². The molecule has 1 heteroatoms. The van der Waals surface area contributed by atoms with E-state index < -0.39 is 0 Å². The lowest BCUT2D eigenvalue weighted by molar-refractivity contribution is 0.410. The van der Waals surface area contributed by atoms with Crippen LogP contribution in [0, 0.1) is 5.92 Å². The monoisotopic (exact) mass is 138 g/mol. The minimum Gasteiger partial charge on any atom is -0.373 e. The first-order chi connectivity index (χ1) is 4.95. The molecule has 0 aromatic rings. The molecule has 1 atom stereocenters. The molecule has 0 bridgehead atoms. The van der Waals surface area contributed by atoms with Gasteiger partial charge in [-0.3, -0.25) is 0 Å². The predicted molar refractivity (Wildman–Crippen MR) is 40.8 cm³/mol. The second kappa shape index (κ2) is 2.75. The van der Waals surface area contributed by atoms with Crippen LogP contribution in [-0.4, -0.2) is 12.7 Å². The Morgan fingerprint density at radius 2 is 1.90 bits per heavy atom. The highest BCUT2D eigenvalue weighted by Crippen LogP contribution is 2.32. The summed E-state index contributed by atoms with van der Waals surface area (Å²) in [7, 11) is 0. The number of hydrogen-bond acceptors (Lipinski definition) is 1. The summed E-state index contributed by atoms with van der Waals surface area (Å²) in [5.74, 6) is 1.04. The summed E-state index contributed by atoms with van der Waals surface area (Å²) in [5.41, 5.74) is 0. The fourth-order valence-electron chi connectivity index (χ4n) is 1.09. The molecule has 0 amide bonds. The van der Waals surface area contributed by atoms with E-state index in [9.17, 15) is 0 Å². The summed E-state index contributed by atoms with van der Waals surface area (Å²) in [6.07, 6.45) is 10.6. The van der Waals surface area contributed by atoms with E-state index >= 15 is 0 Å². The van der Waals surface area contributed by atoms with Crippen molar-refractivity contribution in [1.29, 1.82) is 0 Å². The first-order valence-corrected chi connectivity index (χ1v) is 4.22. The van der Waals surface area contributed by atoms with Gasteiger partial charge in [-0.1, -0.05) is 12.2 Å². The summed E-state index contributed by atoms with van der Waals surface area (Å²) in [6, 6.07) is 0. The van der Waals surface area contributed by atoms with Crippen LogP contribution >= 0.6 is 0 Å². The van der Waals surface area contributed by atoms with Crippen LogP contribution in [0.3, 0.4) is 0 Å². The van der Waals surface area contributed by atoms with Crippen LogP contribution in [0.15, 0.2) is 12.2 Å². The molecule has 10 heavy (non-hydrogen) atoms. The highest BCUT2D eigenvalue weighted by atomic mass is 16.6. The van der Waals surface area contributed by atoms with Gasteiger partial charge in [0.15, 0.2) is 0 Å². The molecular weight excluding hydrogens is 124 g/mol. The van der Waals surface area contributed by atoms with Crippen molar-refractivity contribution in [3.05, 3.63) is 12.2 Å². The normalized spacial score (nSPS) is 31.4. The van der Waals surface area contributed by atoms with Gasteiger partial charge in [0.1, 0.15) is 0 Å². The minimum absolute atomic E-state index is 0.579. The van der Waals surface area contributed by atoms with Crippen molar-refractivity contribution in [2.75, 3.05) is 6.61 Å². The van der Waals surface area contributed by atoms with Gasteiger partial charge in [-0.2, -0.15) is 0 Å². The van der Waals surface area contributed by atoms with Crippen molar-refractivity contribution in [2.24, 2.45) is 5.92 Å². The van der Waals surface area contributed by atoms with Gasteiger partial charge in [0.05, 0.1) is 12.7 Å². The quantitative estimate of drug-likeness (QED) is 0.428. The number of ether oxygens (including phenoxy) is 1. The van der Waals surface area contributed by atoms with Crippen LogP contribution in [0.2, 0.25) is 0 Å². The second-order valence-electron chi connectivity index (χ2n) is 3.34. The van der Waals surface area contributed by atoms with Crippen molar-refractivity contribution in [1.82, 2.24) is 0 Å². The van der Waals surface area contributed by atoms with E-state index in [0.29, 0.717) is 6.10 Å². The maximum absolute atomic E-state index is 5.08. The average Bonchev–Trinajstić information content (AvgIpc) is 2.77. The molecule has 0 radical (unpaired) electrons. The Morgan fingerprint density at radius 3 is 2.50 bits per heavy atom. The fraction of sp³-hybridized carbons (Fsp3) is 0.778. The van der Waals surface area contributed by atoms with Crippen molar-refractivity contribution >= 4 is 0 Å². The zero-order chi connectivity index (χ0) is 6.81. The standard InChI is InChI=1S/C9H14O/c1(3-8-5-6-8)2-4-9-7-10-9/h1-2,8-9H,3-7H2. The zero-order valence-electron chi connectivity index (χ0n) is 6.25. The van der Waals surface area contributed by atoms with Crippen LogP contribution in [0.4, 0.5) is 0 Å². The molecule has 2 rings (SSSR count). The summed E-state index contributed by atoms with van der Waals surface area (Å²) < 4.78 is 5.08. The molecule has 2 fully saturated rings. The molecular formula is C9H14O. The SMILES string of the molecule is C(=CCC1CO1)CC1CC1. The Morgan fingerprint density at radius 1 is 1.20 bits per heavy atom. The summed E-state index contributed by atoms with van der Waals surface area (Å²) in [4.78, 5) is 0. The number of allylic oxidation sites excluding steroid dienone is 1. The minimum atomic E-state index is 0.579. The van der Waals surface area contributed by atoms with Crippen molar-refractivity contribution in [3.63, 3.8) is 0 Å². The smallest absolute Gasteiger partial charge is 0.0844 e. The molecule has 1 aliphatic carbocycles. The molecule has 1 aliphatic heterocycles. The predicted octanol–water partition coefficient (Wildman–Crippen LogP) is 2.13. The maximum atomic E-state index is 5.08. The Labute approximate surface area is 62.1 Å². The number of epoxide rings is 1. The molecule has 0 aromatic heterocycles. The highest BCUT2D eigenvalue weighted by Gasteiger charge is 2.21. The Hall–Kier alpha value is -0.300. The van der Waals surface area contributed by atoms with Crippen LogP contribution < -0.4 is 0 Å². The lowest BCUT2D eigenvalue weighted by Gasteiger charge is -1.85. The molecule has 56 valence electrons. The third kappa shape index (κ3) is 2.14. The molecule has 1 unspecified atom stereocenters. The van der Waals surface area contributed by atoms with Crippen molar-refractivity contribution in [3.8, 4) is 0 Å². The maximum Gasteiger partial charge on any atom is 0.0844 e. The molecule has 0 spiro atoms. The summed E-state index contributed by atoms with van der Waals surface area (Å²) in [5, 5.41) is 0. The van der Waals surface area contributed by atoms with E-state index in [1.165, 1.54) is 19.3 Å². The van der Waals surface area contributed by atoms with Crippen LogP contribution in [0.25, 0.3) is 0 Å². The van der Waals surface area contributed by atoms with E-state index in [2.05, 4.69) is 12.2 Å². The Balaban J connectivity index is 1.53. The summed E-state index contributed by atoms with van der Waals surface area (Å²) in [6.45, 7) is 0.994. The van der Waals surface area contributed by atoms with Crippen molar-refractivity contribution < 1.29 is 4.74 Å². The van der Waals surface area contributed by atoms with Gasteiger partial charge >= 0.3 is 0 Å². The Bertz CT molecular complexity index is 116. The first-order valence-electron chi connectivity index (χ1n) is 4.22. The molecule has 2 aliphatic rings. The van der Waals surface area contributed by atoms with E-state index in [1.807, 2.05) is 0 Å². The Kier molecular flexibility index (Phi) is 1.76. The van der Waals surface area contributed by atoms with Gasteiger partial charge < -0.3 is 4.74 Å². The van der Waals surface area contributed by atoms with Gasteiger partial charge in [-0.15, -0.1) is 0 Å². The topological polar surface area (TPSA) is 12.5 Å². The van der Waals surface area contributed by atoms with Crippen molar-refractivity contribution in [2.45, 2.75) is 31.8 Å². The van der Waals surface area contributed by atoms with E-state index in [1.54, 1.807) is 0 Å². The first kappa shape index (κ1) is 6.41. The van der Waals surface area contributed by atoms with E-state index in [0.717, 1.165) is 18.9 Å². The van der Waals surface area contributed by atoms with Gasteiger partial charge in [-0.05, 0) is 31.6 Å². The van der Waals surface area contributed by atoms with Crippen LogP contribution in [0.1, 0.15) is 25.7 Å². The van der Waals surface area contributed by atoms with E-state index in [4.69, 9.17) is 4.74 Å². The molecule has 1 saturated carbocycles. The van der Waals surface area contributed by atoms with Crippen LogP contribution in [-0.2, 0) is 4.74 Å². The fourth-order valence-corrected chi connectivity index (χ4v) is 1.09. The van der Waals surface area contributed by atoms with Gasteiger partial charge in [0.2, 0.25) is 0 Å². The lowest BCUT2D eigenvalue weighted by atomic mass is 10.2. The lowest BCUT2D eigenvalue weighted by Crippen LogP contribution is -1.78. The highest BCUT2D eigenvalue weighted by molar-refractivity contribution is 4.91. The number of hydrogen-bond donors (Lipinski definition) is 0. The van der Waals surface area contributed by atoms with Gasteiger partial charge in [0.25, 0.3) is 0 Å². The molecule has 1 nitrogen and oxygen atoms in total. The third-order valence-corrected chi connectivity index (χ3v) is 2.13. The average molecular weight is 138 g/mol. The second-order valence-corrected chi connectivity index (χ2v) is 3.34. The molecule has 1 heterocycles.